The second kappa shape index (κ2) is 9.08. The molecule has 0 aliphatic heterocycles. The van der Waals surface area contributed by atoms with Crippen LogP contribution in [0.4, 0.5) is 0 Å². The van der Waals surface area contributed by atoms with Crippen molar-refractivity contribution >= 4 is 22.8 Å². The average molecular weight is 380 g/mol. The van der Waals surface area contributed by atoms with Gasteiger partial charge in [-0.15, -0.1) is 0 Å². The molecule has 0 unspecified atom stereocenters. The molecule has 0 atom stereocenters. The number of carbonyl (C=O) groups excluding carboxylic acids is 1. The van der Waals surface area contributed by atoms with Gasteiger partial charge in [0.1, 0.15) is 12.3 Å². The summed E-state index contributed by atoms with van der Waals surface area (Å²) in [4.78, 5) is 22.8. The maximum atomic E-state index is 12.4. The number of carboxylic acids is 1. The summed E-state index contributed by atoms with van der Waals surface area (Å²) in [5.41, 5.74) is 3.08. The van der Waals surface area contributed by atoms with Crippen molar-refractivity contribution < 1.29 is 19.4 Å². The number of aliphatic carboxylic acids is 1. The molecule has 0 radical (unpaired) electrons. The van der Waals surface area contributed by atoms with E-state index in [1.165, 1.54) is 0 Å². The quantitative estimate of drug-likeness (QED) is 0.557. The van der Waals surface area contributed by atoms with E-state index in [1.54, 1.807) is 0 Å². The van der Waals surface area contributed by atoms with Crippen LogP contribution in [0.3, 0.4) is 0 Å². The van der Waals surface area contributed by atoms with Crippen LogP contribution in [0.15, 0.2) is 54.6 Å². The number of benzene rings is 2. The van der Waals surface area contributed by atoms with Crippen molar-refractivity contribution in [2.75, 3.05) is 6.61 Å². The fourth-order valence-corrected chi connectivity index (χ4v) is 3.08. The molecule has 146 valence electrons. The fourth-order valence-electron chi connectivity index (χ4n) is 3.08. The number of para-hydroxylation sites is 1. The van der Waals surface area contributed by atoms with Gasteiger partial charge in [-0.2, -0.15) is 0 Å². The lowest BCUT2D eigenvalue weighted by molar-refractivity contribution is -0.137. The number of nitrogens with one attached hydrogen (secondary N) is 1. The summed E-state index contributed by atoms with van der Waals surface area (Å²) in [7, 11) is 0. The zero-order valence-corrected chi connectivity index (χ0v) is 15.9. The molecule has 6 heteroatoms. The summed E-state index contributed by atoms with van der Waals surface area (Å²) < 4.78 is 7.52. The second-order valence-corrected chi connectivity index (χ2v) is 6.70. The van der Waals surface area contributed by atoms with E-state index in [9.17, 15) is 9.59 Å². The molecular weight excluding hydrogens is 356 g/mol. The fraction of sp³-hybridized carbons (Fsp3) is 0.273. The highest BCUT2D eigenvalue weighted by Crippen LogP contribution is 2.19. The van der Waals surface area contributed by atoms with E-state index in [1.807, 2.05) is 60.0 Å². The zero-order valence-electron chi connectivity index (χ0n) is 15.9. The summed E-state index contributed by atoms with van der Waals surface area (Å²) in [6.07, 6.45) is 0.570. The van der Waals surface area contributed by atoms with Gasteiger partial charge in [0.25, 0.3) is 0 Å². The van der Waals surface area contributed by atoms with Crippen LogP contribution in [0.2, 0.25) is 0 Å². The third-order valence-corrected chi connectivity index (χ3v) is 4.54. The minimum atomic E-state index is -0.821. The van der Waals surface area contributed by atoms with E-state index in [4.69, 9.17) is 9.84 Å². The smallest absolute Gasteiger partial charge is 0.303 e. The molecule has 3 aromatic rings. The van der Waals surface area contributed by atoms with Gasteiger partial charge in [-0.05, 0) is 48.6 Å². The number of aryl methyl sites for hydroxylation is 1. The van der Waals surface area contributed by atoms with Crippen molar-refractivity contribution in [3.63, 3.8) is 0 Å². The number of fused-ring (bicyclic) bond motifs is 1. The maximum absolute atomic E-state index is 12.4. The molecule has 0 spiro atoms. The molecular formula is C22H24N2O4. The molecule has 1 amide bonds. The lowest BCUT2D eigenvalue weighted by Gasteiger charge is -2.10. The summed E-state index contributed by atoms with van der Waals surface area (Å²) >= 11 is 0. The predicted molar refractivity (Wildman–Crippen MR) is 107 cm³/mol. The molecule has 0 fully saturated rings. The van der Waals surface area contributed by atoms with E-state index in [-0.39, 0.29) is 18.9 Å². The Labute approximate surface area is 163 Å². The van der Waals surface area contributed by atoms with Gasteiger partial charge in [-0.1, -0.05) is 30.3 Å². The minimum absolute atomic E-state index is 0.0431. The molecule has 0 saturated heterocycles. The second-order valence-electron chi connectivity index (χ2n) is 6.70. The number of hydrogen-bond donors (Lipinski definition) is 2. The summed E-state index contributed by atoms with van der Waals surface area (Å²) in [5, 5.41) is 12.7. The Bertz CT molecular complexity index is 960. The lowest BCUT2D eigenvalue weighted by Crippen LogP contribution is -2.27. The van der Waals surface area contributed by atoms with Crippen LogP contribution in [0, 0.1) is 6.92 Å². The van der Waals surface area contributed by atoms with Crippen molar-refractivity contribution in [3.8, 4) is 5.75 Å². The van der Waals surface area contributed by atoms with Crippen molar-refractivity contribution in [1.82, 2.24) is 9.88 Å². The number of ether oxygens (including phenoxy) is 1. The summed E-state index contributed by atoms with van der Waals surface area (Å²) in [6, 6.07) is 17.5. The Hall–Kier alpha value is -3.28. The van der Waals surface area contributed by atoms with Crippen molar-refractivity contribution in [1.29, 1.82) is 0 Å². The normalized spacial score (nSPS) is 10.8. The van der Waals surface area contributed by atoms with Gasteiger partial charge in [0.15, 0.2) is 0 Å². The van der Waals surface area contributed by atoms with Crippen LogP contribution in [-0.2, 0) is 22.7 Å². The van der Waals surface area contributed by atoms with Gasteiger partial charge < -0.3 is 19.7 Å². The summed E-state index contributed by atoms with van der Waals surface area (Å²) in [5.74, 6) is -0.175. The van der Waals surface area contributed by atoms with Crippen LogP contribution in [0.5, 0.6) is 5.75 Å². The zero-order chi connectivity index (χ0) is 19.9. The monoisotopic (exact) mass is 380 g/mol. The maximum Gasteiger partial charge on any atom is 0.303 e. The molecule has 0 bridgehead atoms. The van der Waals surface area contributed by atoms with Crippen molar-refractivity contribution in [2.24, 2.45) is 0 Å². The van der Waals surface area contributed by atoms with Gasteiger partial charge in [0.05, 0.1) is 6.61 Å². The minimum Gasteiger partial charge on any atom is -0.494 e. The van der Waals surface area contributed by atoms with E-state index >= 15 is 0 Å². The van der Waals surface area contributed by atoms with E-state index in [0.29, 0.717) is 25.3 Å². The Morgan fingerprint density at radius 1 is 1.11 bits per heavy atom. The average Bonchev–Trinajstić information content (AvgIpc) is 3.00. The van der Waals surface area contributed by atoms with Crippen LogP contribution in [0.1, 0.15) is 24.1 Å². The molecule has 28 heavy (non-hydrogen) atoms. The summed E-state index contributed by atoms with van der Waals surface area (Å²) in [6.45, 7) is 3.09. The standard InChI is InChI=1S/C22H24N2O4/c1-16-13-18-5-2-3-6-20(18)24(16)15-21(25)23-14-17-8-10-19(11-9-17)28-12-4-7-22(26)27/h2-3,5-6,8-11,13H,4,7,12,14-15H2,1H3,(H,23,25)(H,26,27). The van der Waals surface area contributed by atoms with E-state index in [0.717, 1.165) is 22.2 Å². The SMILES string of the molecule is Cc1cc2ccccc2n1CC(=O)NCc1ccc(OCCCC(=O)O)cc1. The van der Waals surface area contributed by atoms with Crippen molar-refractivity contribution in [3.05, 3.63) is 65.9 Å². The Morgan fingerprint density at radius 2 is 1.86 bits per heavy atom. The van der Waals surface area contributed by atoms with Gasteiger partial charge in [-0.25, -0.2) is 0 Å². The van der Waals surface area contributed by atoms with Crippen LogP contribution in [-0.4, -0.2) is 28.2 Å². The number of nitrogens with zero attached hydrogens (tertiary/aromatic N) is 1. The molecule has 0 aliphatic carbocycles. The highest BCUT2D eigenvalue weighted by molar-refractivity contribution is 5.84. The van der Waals surface area contributed by atoms with Crippen LogP contribution < -0.4 is 10.1 Å². The number of rotatable bonds is 9. The predicted octanol–water partition coefficient (Wildman–Crippen LogP) is 3.51. The van der Waals surface area contributed by atoms with E-state index in [2.05, 4.69) is 11.4 Å². The first-order chi connectivity index (χ1) is 13.5. The van der Waals surface area contributed by atoms with Gasteiger partial charge in [0, 0.05) is 24.2 Å². The number of carboxylic acid groups (broad SMARTS) is 1. The number of hydrogen-bond acceptors (Lipinski definition) is 3. The van der Waals surface area contributed by atoms with Crippen LogP contribution in [0.25, 0.3) is 10.9 Å². The van der Waals surface area contributed by atoms with Gasteiger partial charge >= 0.3 is 5.97 Å². The molecule has 0 saturated carbocycles. The highest BCUT2D eigenvalue weighted by atomic mass is 16.5. The number of carbonyl (C=O) groups is 2. The third-order valence-electron chi connectivity index (χ3n) is 4.54. The number of amides is 1. The van der Waals surface area contributed by atoms with Gasteiger partial charge in [0.2, 0.25) is 5.91 Å². The molecule has 1 aromatic heterocycles. The number of aromatic nitrogens is 1. The molecule has 2 aromatic carbocycles. The molecule has 1 heterocycles. The van der Waals surface area contributed by atoms with Gasteiger partial charge in [-0.3, -0.25) is 9.59 Å². The Balaban J connectivity index is 1.49. The first kappa shape index (κ1) is 19.5. The van der Waals surface area contributed by atoms with Crippen LogP contribution >= 0.6 is 0 Å². The molecule has 2 N–H and O–H groups in total. The topological polar surface area (TPSA) is 80.6 Å². The molecule has 0 aliphatic rings. The molecule has 3 rings (SSSR count). The van der Waals surface area contributed by atoms with E-state index < -0.39 is 5.97 Å². The highest BCUT2D eigenvalue weighted by Gasteiger charge is 2.09. The Morgan fingerprint density at radius 3 is 2.61 bits per heavy atom. The lowest BCUT2D eigenvalue weighted by atomic mass is 10.2. The third kappa shape index (κ3) is 5.13. The first-order valence-electron chi connectivity index (χ1n) is 9.28. The van der Waals surface area contributed by atoms with Crippen molar-refractivity contribution in [2.45, 2.75) is 32.9 Å². The Kier molecular flexibility index (Phi) is 6.32. The first-order valence-corrected chi connectivity index (χ1v) is 9.28. The molecule has 6 nitrogen and oxygen atoms in total. The largest absolute Gasteiger partial charge is 0.494 e.